The molecule has 1 aromatic carbocycles. The third kappa shape index (κ3) is 5.92. The molecule has 1 fully saturated rings. The molecule has 0 bridgehead atoms. The van der Waals surface area contributed by atoms with Crippen LogP contribution in [0.5, 0.6) is 0 Å². The first-order valence-electron chi connectivity index (χ1n) is 11.2. The number of nitrogens with zero attached hydrogens (tertiary/aromatic N) is 7. The van der Waals surface area contributed by atoms with Crippen LogP contribution in [0.15, 0.2) is 35.6 Å². The Morgan fingerprint density at radius 3 is 2.71 bits per heavy atom. The first-order chi connectivity index (χ1) is 16.9. The number of nitrogens with one attached hydrogen (secondary N) is 1. The summed E-state index contributed by atoms with van der Waals surface area (Å²) >= 11 is 7.52. The number of hydrogen-bond donors (Lipinski definition) is 1. The number of piperazine rings is 1. The largest absolute Gasteiger partial charge is 0.354 e. The molecule has 0 aliphatic carbocycles. The normalized spacial score (nSPS) is 14.1. The first kappa shape index (κ1) is 25.0. The summed E-state index contributed by atoms with van der Waals surface area (Å²) in [5.74, 6) is 1.92. The van der Waals surface area contributed by atoms with Crippen molar-refractivity contribution >= 4 is 51.2 Å². The van der Waals surface area contributed by atoms with E-state index in [0.717, 1.165) is 48.4 Å². The van der Waals surface area contributed by atoms with Gasteiger partial charge in [0.05, 0.1) is 23.5 Å². The van der Waals surface area contributed by atoms with Gasteiger partial charge in [-0.1, -0.05) is 40.2 Å². The Balaban J connectivity index is 1.46. The highest BCUT2D eigenvalue weighted by Gasteiger charge is 2.21. The van der Waals surface area contributed by atoms with Gasteiger partial charge in [0.1, 0.15) is 22.5 Å². The van der Waals surface area contributed by atoms with Crippen LogP contribution in [-0.2, 0) is 0 Å². The second kappa shape index (κ2) is 11.1. The molecular weight excluding hydrogens is 488 g/mol. The number of carbonyl (C=O) groups is 1. The number of carbonyl (C=O) groups excluding carboxylic acids is 1. The molecule has 184 valence electrons. The predicted molar refractivity (Wildman–Crippen MR) is 140 cm³/mol. The molecule has 0 unspecified atom stereocenters. The SMILES string of the molecule is Cc1nc(N2CCN(CCN=O)CC2)cc(N(C)c2cnc(C(=O)Nc3c(C)cccc3Cl)s2)n1. The molecule has 35 heavy (non-hydrogen) atoms. The monoisotopic (exact) mass is 514 g/mol. The molecule has 12 heteroatoms. The average Bonchev–Trinajstić information content (AvgIpc) is 3.35. The van der Waals surface area contributed by atoms with Crippen molar-refractivity contribution in [1.29, 1.82) is 0 Å². The Morgan fingerprint density at radius 2 is 2.00 bits per heavy atom. The highest BCUT2D eigenvalue weighted by atomic mass is 35.5. The van der Waals surface area contributed by atoms with E-state index in [4.69, 9.17) is 11.6 Å². The third-order valence-electron chi connectivity index (χ3n) is 5.84. The molecule has 10 nitrogen and oxygen atoms in total. The molecule has 0 spiro atoms. The van der Waals surface area contributed by atoms with Gasteiger partial charge in [-0.3, -0.25) is 9.69 Å². The summed E-state index contributed by atoms with van der Waals surface area (Å²) < 4.78 is 0. The van der Waals surface area contributed by atoms with Crippen LogP contribution in [0, 0.1) is 18.8 Å². The Morgan fingerprint density at radius 1 is 1.23 bits per heavy atom. The molecule has 0 radical (unpaired) electrons. The second-order valence-electron chi connectivity index (χ2n) is 8.26. The highest BCUT2D eigenvalue weighted by Crippen LogP contribution is 2.31. The van der Waals surface area contributed by atoms with Crippen LogP contribution >= 0.6 is 22.9 Å². The molecule has 0 saturated carbocycles. The van der Waals surface area contributed by atoms with Crippen LogP contribution in [0.2, 0.25) is 5.02 Å². The van der Waals surface area contributed by atoms with E-state index in [0.29, 0.717) is 34.6 Å². The van der Waals surface area contributed by atoms with Crippen molar-refractivity contribution in [3.8, 4) is 0 Å². The Hall–Kier alpha value is -3.15. The maximum Gasteiger partial charge on any atom is 0.284 e. The van der Waals surface area contributed by atoms with Crippen LogP contribution in [0.3, 0.4) is 0 Å². The lowest BCUT2D eigenvalue weighted by molar-refractivity contribution is 0.102. The number of rotatable bonds is 8. The number of para-hydroxylation sites is 1. The van der Waals surface area contributed by atoms with Crippen LogP contribution in [0.4, 0.5) is 22.3 Å². The molecule has 3 heterocycles. The molecular formula is C23H27ClN8O2S. The lowest BCUT2D eigenvalue weighted by Gasteiger charge is -2.35. The van der Waals surface area contributed by atoms with Crippen molar-refractivity contribution in [2.45, 2.75) is 13.8 Å². The zero-order chi connectivity index (χ0) is 24.9. The van der Waals surface area contributed by atoms with Gasteiger partial charge >= 0.3 is 0 Å². The number of amides is 1. The van der Waals surface area contributed by atoms with Gasteiger partial charge in [0.15, 0.2) is 5.01 Å². The highest BCUT2D eigenvalue weighted by molar-refractivity contribution is 7.17. The van der Waals surface area contributed by atoms with Gasteiger partial charge < -0.3 is 15.1 Å². The minimum atomic E-state index is -0.312. The van der Waals surface area contributed by atoms with Gasteiger partial charge in [-0.15, -0.1) is 0 Å². The van der Waals surface area contributed by atoms with Crippen molar-refractivity contribution in [1.82, 2.24) is 19.9 Å². The van der Waals surface area contributed by atoms with E-state index in [9.17, 15) is 9.70 Å². The number of hydrogen-bond acceptors (Lipinski definition) is 10. The predicted octanol–water partition coefficient (Wildman–Crippen LogP) is 4.11. The summed E-state index contributed by atoms with van der Waals surface area (Å²) in [7, 11) is 1.89. The summed E-state index contributed by atoms with van der Waals surface area (Å²) in [4.78, 5) is 43.1. The molecule has 1 saturated heterocycles. The number of benzene rings is 1. The zero-order valence-corrected chi connectivity index (χ0v) is 21.4. The number of nitroso groups, excluding NO2 is 1. The molecule has 1 aliphatic heterocycles. The van der Waals surface area contributed by atoms with E-state index in [1.165, 1.54) is 11.3 Å². The molecule has 2 aromatic heterocycles. The van der Waals surface area contributed by atoms with Gasteiger partial charge in [-0.05, 0) is 25.5 Å². The summed E-state index contributed by atoms with van der Waals surface area (Å²) in [5.41, 5.74) is 1.47. The Kier molecular flexibility index (Phi) is 7.89. The van der Waals surface area contributed by atoms with E-state index in [1.54, 1.807) is 12.3 Å². The molecule has 0 atom stereocenters. The first-order valence-corrected chi connectivity index (χ1v) is 12.4. The van der Waals surface area contributed by atoms with Gasteiger partial charge in [0.25, 0.3) is 5.91 Å². The molecule has 1 N–H and O–H groups in total. The van der Waals surface area contributed by atoms with E-state index in [1.807, 2.05) is 44.0 Å². The molecule has 4 rings (SSSR count). The summed E-state index contributed by atoms with van der Waals surface area (Å²) in [6.07, 6.45) is 1.66. The second-order valence-corrected chi connectivity index (χ2v) is 9.68. The number of halogens is 1. The number of thiazole rings is 1. The van der Waals surface area contributed by atoms with Gasteiger partial charge in [-0.2, -0.15) is 4.91 Å². The van der Waals surface area contributed by atoms with Crippen LogP contribution < -0.4 is 15.1 Å². The van der Waals surface area contributed by atoms with Crippen molar-refractivity contribution in [2.24, 2.45) is 5.18 Å². The van der Waals surface area contributed by atoms with Crippen molar-refractivity contribution in [3.63, 3.8) is 0 Å². The fraction of sp³-hybridized carbons (Fsp3) is 0.391. The van der Waals surface area contributed by atoms with Crippen molar-refractivity contribution < 1.29 is 4.79 Å². The summed E-state index contributed by atoms with van der Waals surface area (Å²) in [6.45, 7) is 8.07. The quantitative estimate of drug-likeness (QED) is 0.447. The van der Waals surface area contributed by atoms with Crippen molar-refractivity contribution in [2.75, 3.05) is 61.4 Å². The third-order valence-corrected chi connectivity index (χ3v) is 7.22. The summed E-state index contributed by atoms with van der Waals surface area (Å²) in [6, 6.07) is 7.41. The Labute approximate surface area is 212 Å². The maximum absolute atomic E-state index is 12.8. The minimum absolute atomic E-state index is 0.312. The zero-order valence-electron chi connectivity index (χ0n) is 19.9. The molecule has 1 aliphatic rings. The van der Waals surface area contributed by atoms with E-state index in [2.05, 4.69) is 35.2 Å². The molecule has 3 aromatic rings. The van der Waals surface area contributed by atoms with Crippen LogP contribution in [0.1, 0.15) is 21.2 Å². The average molecular weight is 515 g/mol. The number of aromatic nitrogens is 3. The van der Waals surface area contributed by atoms with E-state index < -0.39 is 0 Å². The fourth-order valence-electron chi connectivity index (χ4n) is 3.85. The standard InChI is InChI=1S/C23H27ClN8O2S/c1-15-5-4-6-17(24)21(15)29-22(33)23-25-14-20(35-23)30(3)18-13-19(28-16(2)27-18)32-11-9-31(10-12-32)8-7-26-34/h4-6,13-14H,7-12H2,1-3H3,(H,29,33). The fourth-order valence-corrected chi connectivity index (χ4v) is 4.90. The lowest BCUT2D eigenvalue weighted by Crippen LogP contribution is -2.47. The Bertz CT molecular complexity index is 1190. The van der Waals surface area contributed by atoms with Crippen LogP contribution in [0.25, 0.3) is 0 Å². The minimum Gasteiger partial charge on any atom is -0.354 e. The van der Waals surface area contributed by atoms with Gasteiger partial charge in [0, 0.05) is 45.8 Å². The maximum atomic E-state index is 12.8. The van der Waals surface area contributed by atoms with Gasteiger partial charge in [-0.25, -0.2) is 15.0 Å². The van der Waals surface area contributed by atoms with Gasteiger partial charge in [0.2, 0.25) is 0 Å². The van der Waals surface area contributed by atoms with E-state index >= 15 is 0 Å². The van der Waals surface area contributed by atoms with Crippen molar-refractivity contribution in [3.05, 3.63) is 56.8 Å². The number of anilines is 4. The lowest BCUT2D eigenvalue weighted by atomic mass is 10.2. The topological polar surface area (TPSA) is 107 Å². The number of aryl methyl sites for hydroxylation is 2. The molecule has 1 amide bonds. The smallest absolute Gasteiger partial charge is 0.284 e. The summed E-state index contributed by atoms with van der Waals surface area (Å²) in [5, 5.41) is 7.41. The van der Waals surface area contributed by atoms with Crippen LogP contribution in [-0.4, -0.2) is 72.1 Å². The van der Waals surface area contributed by atoms with E-state index in [-0.39, 0.29) is 5.91 Å².